The summed E-state index contributed by atoms with van der Waals surface area (Å²) in [6.07, 6.45) is 1.88. The topological polar surface area (TPSA) is 41.1 Å². The lowest BCUT2D eigenvalue weighted by Gasteiger charge is -2.37. The van der Waals surface area contributed by atoms with Crippen LogP contribution in [0, 0.1) is 0 Å². The molecule has 1 aliphatic rings. The third-order valence-electron chi connectivity index (χ3n) is 3.42. The van der Waals surface area contributed by atoms with Crippen molar-refractivity contribution < 1.29 is 0 Å². The highest BCUT2D eigenvalue weighted by Gasteiger charge is 2.22. The first-order valence-electron chi connectivity index (χ1n) is 6.45. The smallest absolute Gasteiger partial charge is 0.0950 e. The standard InChI is InChI=1S/C14H18N4/c1-10-8-18(9-11(2)16-10)14-7-15-17-13-6-4-3-5-12(13)14/h3-7,10-11,16H,8-9H2,1-2H3. The molecule has 0 amide bonds. The number of anilines is 1. The zero-order valence-electron chi connectivity index (χ0n) is 10.8. The van der Waals surface area contributed by atoms with Crippen LogP contribution < -0.4 is 10.2 Å². The predicted octanol–water partition coefficient (Wildman–Crippen LogP) is 1.82. The molecule has 0 radical (unpaired) electrons. The number of aromatic nitrogens is 2. The molecule has 18 heavy (non-hydrogen) atoms. The molecular formula is C14H18N4. The van der Waals surface area contributed by atoms with Crippen molar-refractivity contribution >= 4 is 16.6 Å². The number of rotatable bonds is 1. The van der Waals surface area contributed by atoms with Crippen LogP contribution >= 0.6 is 0 Å². The van der Waals surface area contributed by atoms with E-state index in [0.29, 0.717) is 12.1 Å². The molecule has 0 saturated carbocycles. The first kappa shape index (κ1) is 11.4. The zero-order chi connectivity index (χ0) is 12.5. The van der Waals surface area contributed by atoms with Gasteiger partial charge in [0.2, 0.25) is 0 Å². The number of benzene rings is 1. The molecule has 1 aromatic heterocycles. The summed E-state index contributed by atoms with van der Waals surface area (Å²) in [7, 11) is 0. The molecule has 94 valence electrons. The number of fused-ring (bicyclic) bond motifs is 1. The average Bonchev–Trinajstić information content (AvgIpc) is 2.37. The SMILES string of the molecule is CC1CN(c2cnnc3ccccc23)CC(C)N1. The van der Waals surface area contributed by atoms with Crippen LogP contribution in [0.25, 0.3) is 10.9 Å². The Morgan fingerprint density at radius 3 is 2.67 bits per heavy atom. The molecule has 2 aromatic rings. The van der Waals surface area contributed by atoms with Gasteiger partial charge in [0.1, 0.15) is 0 Å². The molecule has 0 bridgehead atoms. The minimum Gasteiger partial charge on any atom is -0.367 e. The summed E-state index contributed by atoms with van der Waals surface area (Å²) >= 11 is 0. The van der Waals surface area contributed by atoms with Gasteiger partial charge in [-0.25, -0.2) is 0 Å². The highest BCUT2D eigenvalue weighted by molar-refractivity contribution is 5.90. The van der Waals surface area contributed by atoms with Crippen molar-refractivity contribution in [3.05, 3.63) is 30.5 Å². The van der Waals surface area contributed by atoms with Crippen molar-refractivity contribution in [1.82, 2.24) is 15.5 Å². The van der Waals surface area contributed by atoms with Gasteiger partial charge in [0.25, 0.3) is 0 Å². The van der Waals surface area contributed by atoms with Crippen molar-refractivity contribution in [3.8, 4) is 0 Å². The van der Waals surface area contributed by atoms with E-state index >= 15 is 0 Å². The summed E-state index contributed by atoms with van der Waals surface area (Å²) in [5.41, 5.74) is 2.16. The highest BCUT2D eigenvalue weighted by Crippen LogP contribution is 2.25. The first-order valence-corrected chi connectivity index (χ1v) is 6.45. The van der Waals surface area contributed by atoms with Gasteiger partial charge in [-0.3, -0.25) is 0 Å². The van der Waals surface area contributed by atoms with Crippen molar-refractivity contribution in [1.29, 1.82) is 0 Å². The van der Waals surface area contributed by atoms with Crippen LogP contribution in [0.3, 0.4) is 0 Å². The van der Waals surface area contributed by atoms with Gasteiger partial charge < -0.3 is 10.2 Å². The van der Waals surface area contributed by atoms with Gasteiger partial charge in [-0.1, -0.05) is 18.2 Å². The normalized spacial score (nSPS) is 24.4. The van der Waals surface area contributed by atoms with E-state index in [1.165, 1.54) is 11.1 Å². The maximum atomic E-state index is 4.18. The molecular weight excluding hydrogens is 224 g/mol. The Morgan fingerprint density at radius 2 is 1.89 bits per heavy atom. The molecule has 2 atom stereocenters. The van der Waals surface area contributed by atoms with Crippen molar-refractivity contribution in [2.24, 2.45) is 0 Å². The molecule has 3 rings (SSSR count). The Bertz CT molecular complexity index is 539. The summed E-state index contributed by atoms with van der Waals surface area (Å²) in [5.74, 6) is 0. The summed E-state index contributed by atoms with van der Waals surface area (Å²) in [6.45, 7) is 6.47. The summed E-state index contributed by atoms with van der Waals surface area (Å²) in [4.78, 5) is 2.41. The van der Waals surface area contributed by atoms with E-state index < -0.39 is 0 Å². The molecule has 1 fully saturated rings. The minimum absolute atomic E-state index is 0.501. The molecule has 2 unspecified atom stereocenters. The second-order valence-electron chi connectivity index (χ2n) is 5.12. The maximum absolute atomic E-state index is 4.18. The Balaban J connectivity index is 2.03. The van der Waals surface area contributed by atoms with Gasteiger partial charge in [0.15, 0.2) is 0 Å². The molecule has 1 aromatic carbocycles. The van der Waals surface area contributed by atoms with Gasteiger partial charge in [-0.2, -0.15) is 10.2 Å². The number of hydrogen-bond acceptors (Lipinski definition) is 4. The second-order valence-corrected chi connectivity index (χ2v) is 5.12. The highest BCUT2D eigenvalue weighted by atomic mass is 15.2. The fourth-order valence-electron chi connectivity index (χ4n) is 2.77. The van der Waals surface area contributed by atoms with E-state index in [9.17, 15) is 0 Å². The lowest BCUT2D eigenvalue weighted by Crippen LogP contribution is -2.54. The van der Waals surface area contributed by atoms with E-state index in [1.807, 2.05) is 18.3 Å². The Labute approximate surface area is 107 Å². The van der Waals surface area contributed by atoms with Crippen molar-refractivity contribution in [2.45, 2.75) is 25.9 Å². The molecule has 0 aliphatic carbocycles. The zero-order valence-corrected chi connectivity index (χ0v) is 10.8. The van der Waals surface area contributed by atoms with E-state index in [1.54, 1.807) is 0 Å². The number of nitrogens with one attached hydrogen (secondary N) is 1. The first-order chi connectivity index (χ1) is 8.74. The molecule has 0 spiro atoms. The number of nitrogens with zero attached hydrogens (tertiary/aromatic N) is 3. The van der Waals surface area contributed by atoms with Gasteiger partial charge in [-0.15, -0.1) is 0 Å². The monoisotopic (exact) mass is 242 g/mol. The summed E-state index contributed by atoms with van der Waals surface area (Å²) in [5, 5.41) is 13.0. The lowest BCUT2D eigenvalue weighted by atomic mass is 10.1. The Morgan fingerprint density at radius 1 is 1.17 bits per heavy atom. The Kier molecular flexibility index (Phi) is 2.88. The number of piperazine rings is 1. The quantitative estimate of drug-likeness (QED) is 0.828. The van der Waals surface area contributed by atoms with E-state index in [0.717, 1.165) is 18.6 Å². The molecule has 4 heteroatoms. The van der Waals surface area contributed by atoms with Gasteiger partial charge >= 0.3 is 0 Å². The molecule has 1 saturated heterocycles. The van der Waals surface area contributed by atoms with Crippen LogP contribution in [0.1, 0.15) is 13.8 Å². The summed E-state index contributed by atoms with van der Waals surface area (Å²) in [6, 6.07) is 9.20. The van der Waals surface area contributed by atoms with E-state index in [4.69, 9.17) is 0 Å². The van der Waals surface area contributed by atoms with Crippen LogP contribution in [0.5, 0.6) is 0 Å². The van der Waals surface area contributed by atoms with Gasteiger partial charge in [0, 0.05) is 30.6 Å². The lowest BCUT2D eigenvalue weighted by molar-refractivity contribution is 0.407. The summed E-state index contributed by atoms with van der Waals surface area (Å²) < 4.78 is 0. The van der Waals surface area contributed by atoms with Crippen LogP contribution in [0.4, 0.5) is 5.69 Å². The third-order valence-corrected chi connectivity index (χ3v) is 3.42. The van der Waals surface area contributed by atoms with E-state index in [-0.39, 0.29) is 0 Å². The van der Waals surface area contributed by atoms with E-state index in [2.05, 4.69) is 46.4 Å². The fraction of sp³-hybridized carbons (Fsp3) is 0.429. The van der Waals surface area contributed by atoms with Crippen LogP contribution in [-0.2, 0) is 0 Å². The molecule has 4 nitrogen and oxygen atoms in total. The van der Waals surface area contributed by atoms with Crippen molar-refractivity contribution in [3.63, 3.8) is 0 Å². The largest absolute Gasteiger partial charge is 0.367 e. The maximum Gasteiger partial charge on any atom is 0.0950 e. The predicted molar refractivity (Wildman–Crippen MR) is 73.8 cm³/mol. The molecule has 2 heterocycles. The molecule has 1 aliphatic heterocycles. The minimum atomic E-state index is 0.501. The number of hydrogen-bond donors (Lipinski definition) is 1. The Hall–Kier alpha value is -1.68. The second kappa shape index (κ2) is 4.53. The molecule has 1 N–H and O–H groups in total. The van der Waals surface area contributed by atoms with Gasteiger partial charge in [0.05, 0.1) is 17.4 Å². The van der Waals surface area contributed by atoms with Crippen LogP contribution in [0.2, 0.25) is 0 Å². The van der Waals surface area contributed by atoms with Crippen molar-refractivity contribution in [2.75, 3.05) is 18.0 Å². The van der Waals surface area contributed by atoms with Crippen LogP contribution in [-0.4, -0.2) is 35.4 Å². The third kappa shape index (κ3) is 2.04. The average molecular weight is 242 g/mol. The van der Waals surface area contributed by atoms with Gasteiger partial charge in [-0.05, 0) is 19.9 Å². The fourth-order valence-corrected chi connectivity index (χ4v) is 2.77. The van der Waals surface area contributed by atoms with Crippen LogP contribution in [0.15, 0.2) is 30.5 Å².